The van der Waals surface area contributed by atoms with Crippen molar-refractivity contribution < 1.29 is 14.7 Å². The number of nitrogens with one attached hydrogen (secondary N) is 1. The highest BCUT2D eigenvalue weighted by atomic mass is 16.4. The van der Waals surface area contributed by atoms with E-state index in [1.807, 2.05) is 48.5 Å². The van der Waals surface area contributed by atoms with Crippen LogP contribution in [0.4, 0.5) is 11.4 Å². The molecular weight excluding hydrogens is 402 g/mol. The molecule has 162 valence electrons. The topological polar surface area (TPSA) is 95.7 Å². The first-order chi connectivity index (χ1) is 15.4. The van der Waals surface area contributed by atoms with E-state index < -0.39 is 5.97 Å². The van der Waals surface area contributed by atoms with Crippen molar-refractivity contribution >= 4 is 28.8 Å². The summed E-state index contributed by atoms with van der Waals surface area (Å²) in [5.74, 6) is -1.08. The number of aliphatic carboxylic acids is 1. The van der Waals surface area contributed by atoms with Crippen LogP contribution < -0.4 is 11.1 Å². The summed E-state index contributed by atoms with van der Waals surface area (Å²) in [5, 5.41) is 12.3. The van der Waals surface area contributed by atoms with Gasteiger partial charge in [-0.15, -0.1) is 0 Å². The zero-order valence-corrected chi connectivity index (χ0v) is 17.6. The molecule has 6 nitrogen and oxygen atoms in total. The van der Waals surface area contributed by atoms with Crippen molar-refractivity contribution in [2.75, 3.05) is 17.6 Å². The largest absolute Gasteiger partial charge is 0.481 e. The Morgan fingerprint density at radius 2 is 1.72 bits per heavy atom. The number of nitrogen functional groups attached to an aromatic ring is 1. The molecule has 1 aliphatic heterocycles. The number of carboxylic acid groups (broad SMARTS) is 1. The zero-order chi connectivity index (χ0) is 22.7. The Balaban J connectivity index is 1.51. The fourth-order valence-corrected chi connectivity index (χ4v) is 4.12. The third kappa shape index (κ3) is 4.55. The lowest BCUT2D eigenvalue weighted by Gasteiger charge is -2.37. The second-order valence-electron chi connectivity index (χ2n) is 7.95. The minimum atomic E-state index is -0.838. The smallest absolute Gasteiger partial charge is 0.305 e. The van der Waals surface area contributed by atoms with Gasteiger partial charge in [-0.3, -0.25) is 14.5 Å². The van der Waals surface area contributed by atoms with Crippen LogP contribution in [0.5, 0.6) is 0 Å². The van der Waals surface area contributed by atoms with Gasteiger partial charge in [0, 0.05) is 24.7 Å². The van der Waals surface area contributed by atoms with Gasteiger partial charge in [0.1, 0.15) is 0 Å². The molecule has 0 aliphatic carbocycles. The Morgan fingerprint density at radius 1 is 1.03 bits per heavy atom. The summed E-state index contributed by atoms with van der Waals surface area (Å²) in [6.45, 7) is 5.34. The molecule has 1 heterocycles. The quantitative estimate of drug-likeness (QED) is 0.501. The summed E-state index contributed by atoms with van der Waals surface area (Å²) in [6.07, 6.45) is 0.0171. The zero-order valence-electron chi connectivity index (χ0n) is 17.6. The Bertz CT molecular complexity index is 1170. The number of amides is 1. The lowest BCUT2D eigenvalue weighted by atomic mass is 9.88. The van der Waals surface area contributed by atoms with E-state index >= 15 is 0 Å². The summed E-state index contributed by atoms with van der Waals surface area (Å²) in [4.78, 5) is 26.2. The van der Waals surface area contributed by atoms with Gasteiger partial charge in [-0.1, -0.05) is 55.1 Å². The van der Waals surface area contributed by atoms with Crippen molar-refractivity contribution in [1.29, 1.82) is 0 Å². The van der Waals surface area contributed by atoms with Gasteiger partial charge >= 0.3 is 5.97 Å². The molecular formula is C26H25N3O3. The number of anilines is 2. The van der Waals surface area contributed by atoms with Crippen LogP contribution in [0.2, 0.25) is 0 Å². The number of hydrogen-bond acceptors (Lipinski definition) is 4. The number of nitrogens with two attached hydrogens (primary N) is 1. The minimum absolute atomic E-state index is 0.0171. The summed E-state index contributed by atoms with van der Waals surface area (Å²) < 4.78 is 0. The summed E-state index contributed by atoms with van der Waals surface area (Å²) in [6, 6.07) is 22.0. The number of hydrogen-bond donors (Lipinski definition) is 3. The summed E-state index contributed by atoms with van der Waals surface area (Å²) in [7, 11) is 0. The van der Waals surface area contributed by atoms with Crippen LogP contribution in [0.15, 0.2) is 79.4 Å². The third-order valence-electron chi connectivity index (χ3n) is 5.71. The Kier molecular flexibility index (Phi) is 6.05. The molecule has 0 aromatic heterocycles. The highest BCUT2D eigenvalue weighted by Gasteiger charge is 2.30. The van der Waals surface area contributed by atoms with Gasteiger partial charge in [0.05, 0.1) is 17.8 Å². The van der Waals surface area contributed by atoms with Gasteiger partial charge in [0.15, 0.2) is 0 Å². The molecule has 0 saturated heterocycles. The van der Waals surface area contributed by atoms with Gasteiger partial charge in [-0.05, 0) is 46.5 Å². The summed E-state index contributed by atoms with van der Waals surface area (Å²) >= 11 is 0. The monoisotopic (exact) mass is 427 g/mol. The number of fused-ring (bicyclic) bond motifs is 1. The Hall–Kier alpha value is -3.90. The van der Waals surface area contributed by atoms with Crippen LogP contribution in [0.3, 0.4) is 0 Å². The predicted molar refractivity (Wildman–Crippen MR) is 126 cm³/mol. The Labute approximate surface area is 187 Å². The van der Waals surface area contributed by atoms with Crippen LogP contribution in [0, 0.1) is 0 Å². The molecule has 3 aromatic rings. The maximum atomic E-state index is 12.6. The normalized spacial score (nSPS) is 15.8. The van der Waals surface area contributed by atoms with Crippen molar-refractivity contribution in [3.63, 3.8) is 0 Å². The van der Waals surface area contributed by atoms with Crippen LogP contribution in [-0.2, 0) is 11.3 Å². The van der Waals surface area contributed by atoms with Gasteiger partial charge in [-0.2, -0.15) is 0 Å². The van der Waals surface area contributed by atoms with Crippen molar-refractivity contribution in [2.24, 2.45) is 0 Å². The maximum Gasteiger partial charge on any atom is 0.305 e. The molecule has 0 bridgehead atoms. The van der Waals surface area contributed by atoms with E-state index in [1.54, 1.807) is 24.3 Å². The number of carbonyl (C=O) groups excluding carboxylic acids is 1. The number of rotatable bonds is 6. The molecule has 1 amide bonds. The predicted octanol–water partition coefficient (Wildman–Crippen LogP) is 4.57. The standard InChI is InChI=1S/C26H25N3O3/c1-17-15-29(24(14-25(30)31)21-7-3-2-6-20(17)21)16-18-10-12-19(13-11-18)26(32)28-23-9-5-4-8-22(23)27/h2-13,24H,1,14-16,27H2,(H,28,32)(H,30,31). The molecule has 0 fully saturated rings. The molecule has 32 heavy (non-hydrogen) atoms. The van der Waals surface area contributed by atoms with Crippen LogP contribution in [0.1, 0.15) is 39.5 Å². The first-order valence-electron chi connectivity index (χ1n) is 10.4. The van der Waals surface area contributed by atoms with Crippen molar-refractivity contribution in [3.8, 4) is 0 Å². The minimum Gasteiger partial charge on any atom is -0.481 e. The highest BCUT2D eigenvalue weighted by molar-refractivity contribution is 6.05. The van der Waals surface area contributed by atoms with Crippen molar-refractivity contribution in [2.45, 2.75) is 19.0 Å². The second kappa shape index (κ2) is 9.08. The SMILES string of the molecule is C=C1CN(Cc2ccc(C(=O)Nc3ccccc3N)cc2)C(CC(=O)O)c2ccccc21. The first kappa shape index (κ1) is 21.3. The molecule has 3 aromatic carbocycles. The van der Waals surface area contributed by atoms with E-state index in [0.29, 0.717) is 30.0 Å². The first-order valence-corrected chi connectivity index (χ1v) is 10.4. The van der Waals surface area contributed by atoms with E-state index in [9.17, 15) is 14.7 Å². The lowest BCUT2D eigenvalue weighted by Crippen LogP contribution is -2.35. The fourth-order valence-electron chi connectivity index (χ4n) is 4.12. The average molecular weight is 428 g/mol. The molecule has 1 atom stereocenters. The molecule has 0 radical (unpaired) electrons. The second-order valence-corrected chi connectivity index (χ2v) is 7.95. The maximum absolute atomic E-state index is 12.6. The van der Waals surface area contributed by atoms with E-state index in [0.717, 1.165) is 22.3 Å². The fraction of sp³-hybridized carbons (Fsp3) is 0.154. The number of carbonyl (C=O) groups is 2. The molecule has 1 aliphatic rings. The van der Waals surface area contributed by atoms with Gasteiger partial charge < -0.3 is 16.2 Å². The number of nitrogens with zero attached hydrogens (tertiary/aromatic N) is 1. The highest BCUT2D eigenvalue weighted by Crippen LogP contribution is 2.37. The lowest BCUT2D eigenvalue weighted by molar-refractivity contribution is -0.138. The van der Waals surface area contributed by atoms with Gasteiger partial charge in [-0.25, -0.2) is 0 Å². The number of carboxylic acids is 1. The van der Waals surface area contributed by atoms with E-state index in [4.69, 9.17) is 5.73 Å². The van der Waals surface area contributed by atoms with E-state index in [2.05, 4.69) is 16.8 Å². The molecule has 4 N–H and O–H groups in total. The molecule has 1 unspecified atom stereocenters. The van der Waals surface area contributed by atoms with E-state index in [-0.39, 0.29) is 18.4 Å². The molecule has 4 rings (SSSR count). The average Bonchev–Trinajstić information content (AvgIpc) is 2.78. The van der Waals surface area contributed by atoms with Crippen molar-refractivity contribution in [1.82, 2.24) is 4.90 Å². The summed E-state index contributed by atoms with van der Waals surface area (Å²) in [5.41, 5.74) is 11.5. The molecule has 0 saturated carbocycles. The number of benzene rings is 3. The van der Waals surface area contributed by atoms with Crippen molar-refractivity contribution in [3.05, 3.63) is 102 Å². The van der Waals surface area contributed by atoms with Gasteiger partial charge in [0.2, 0.25) is 0 Å². The van der Waals surface area contributed by atoms with Crippen LogP contribution in [-0.4, -0.2) is 28.4 Å². The third-order valence-corrected chi connectivity index (χ3v) is 5.71. The van der Waals surface area contributed by atoms with E-state index in [1.165, 1.54) is 0 Å². The van der Waals surface area contributed by atoms with Crippen LogP contribution in [0.25, 0.3) is 5.57 Å². The van der Waals surface area contributed by atoms with Crippen LogP contribution >= 0.6 is 0 Å². The molecule has 6 heteroatoms. The number of para-hydroxylation sites is 2. The molecule has 0 spiro atoms. The van der Waals surface area contributed by atoms with Gasteiger partial charge in [0.25, 0.3) is 5.91 Å². The Morgan fingerprint density at radius 3 is 2.44 bits per heavy atom.